The fraction of sp³-hybridized carbons (Fsp3) is 0.238. The maximum absolute atomic E-state index is 12.2. The predicted molar refractivity (Wildman–Crippen MR) is 103 cm³/mol. The first-order valence-corrected chi connectivity index (χ1v) is 8.71. The highest BCUT2D eigenvalue weighted by atomic mass is 16.5. The van der Waals surface area contributed by atoms with E-state index in [9.17, 15) is 9.59 Å². The predicted octanol–water partition coefficient (Wildman–Crippen LogP) is 3.54. The number of ketones is 1. The van der Waals surface area contributed by atoms with Crippen LogP contribution < -0.4 is 5.73 Å². The quantitative estimate of drug-likeness (QED) is 0.532. The third-order valence-corrected chi connectivity index (χ3v) is 4.43. The van der Waals surface area contributed by atoms with Crippen LogP contribution in [0.2, 0.25) is 0 Å². The van der Waals surface area contributed by atoms with Gasteiger partial charge < -0.3 is 10.5 Å². The number of fused-ring (bicyclic) bond motifs is 1. The van der Waals surface area contributed by atoms with Gasteiger partial charge in [-0.25, -0.2) is 9.97 Å². The average Bonchev–Trinajstić information content (AvgIpc) is 2.66. The Balaban J connectivity index is 1.55. The van der Waals surface area contributed by atoms with Gasteiger partial charge in [0.25, 0.3) is 0 Å². The van der Waals surface area contributed by atoms with Crippen molar-refractivity contribution in [1.82, 2.24) is 9.97 Å². The molecule has 6 heteroatoms. The van der Waals surface area contributed by atoms with Crippen LogP contribution in [0, 0.1) is 13.8 Å². The third kappa shape index (κ3) is 4.47. The average molecular weight is 363 g/mol. The number of rotatable bonds is 6. The van der Waals surface area contributed by atoms with Gasteiger partial charge in [-0.15, -0.1) is 0 Å². The van der Waals surface area contributed by atoms with Gasteiger partial charge in [0.05, 0.1) is 11.9 Å². The molecule has 0 radical (unpaired) electrons. The fourth-order valence-electron chi connectivity index (χ4n) is 2.71. The number of aryl methyl sites for hydroxylation is 2. The van der Waals surface area contributed by atoms with E-state index in [0.29, 0.717) is 22.7 Å². The van der Waals surface area contributed by atoms with E-state index in [1.54, 1.807) is 6.07 Å². The molecule has 6 nitrogen and oxygen atoms in total. The molecule has 3 aromatic rings. The smallest absolute Gasteiger partial charge is 0.306 e. The fourth-order valence-corrected chi connectivity index (χ4v) is 2.71. The lowest BCUT2D eigenvalue weighted by Crippen LogP contribution is -2.10. The molecule has 0 aliphatic carbocycles. The molecule has 0 saturated heterocycles. The highest BCUT2D eigenvalue weighted by molar-refractivity contribution is 5.97. The second-order valence-corrected chi connectivity index (χ2v) is 6.43. The standard InChI is InChI=1S/C21H21N3O3/c1-13-7-8-15(11-14(13)2)18(25)9-10-20(26)27-12-19-23-17-6-4-3-5-16(17)21(22)24-19/h3-8,11H,9-10,12H2,1-2H3,(H2,22,23,24). The third-order valence-electron chi connectivity index (χ3n) is 4.43. The van der Waals surface area contributed by atoms with Crippen LogP contribution in [0.3, 0.4) is 0 Å². The number of hydrogen-bond acceptors (Lipinski definition) is 6. The molecule has 0 aliphatic rings. The number of para-hydroxylation sites is 1. The molecule has 1 heterocycles. The largest absolute Gasteiger partial charge is 0.457 e. The van der Waals surface area contributed by atoms with Gasteiger partial charge in [-0.05, 0) is 43.2 Å². The van der Waals surface area contributed by atoms with Crippen molar-refractivity contribution in [1.29, 1.82) is 0 Å². The number of nitrogens with zero attached hydrogens (tertiary/aromatic N) is 2. The van der Waals surface area contributed by atoms with E-state index >= 15 is 0 Å². The van der Waals surface area contributed by atoms with Crippen LogP contribution in [0.15, 0.2) is 42.5 Å². The van der Waals surface area contributed by atoms with Crippen molar-refractivity contribution in [3.63, 3.8) is 0 Å². The van der Waals surface area contributed by atoms with Gasteiger partial charge in [-0.1, -0.05) is 24.3 Å². The molecule has 2 aromatic carbocycles. The number of benzene rings is 2. The van der Waals surface area contributed by atoms with Crippen molar-refractivity contribution in [2.24, 2.45) is 0 Å². The monoisotopic (exact) mass is 363 g/mol. The maximum atomic E-state index is 12.2. The number of anilines is 1. The van der Waals surface area contributed by atoms with E-state index in [-0.39, 0.29) is 25.2 Å². The van der Waals surface area contributed by atoms with E-state index in [1.165, 1.54) is 0 Å². The normalized spacial score (nSPS) is 10.7. The Bertz CT molecular complexity index is 1010. The zero-order chi connectivity index (χ0) is 19.4. The number of esters is 1. The molecule has 0 unspecified atom stereocenters. The lowest BCUT2D eigenvalue weighted by atomic mass is 10.0. The Morgan fingerprint density at radius 2 is 1.78 bits per heavy atom. The highest BCUT2D eigenvalue weighted by Gasteiger charge is 2.12. The summed E-state index contributed by atoms with van der Waals surface area (Å²) < 4.78 is 5.19. The van der Waals surface area contributed by atoms with Crippen LogP contribution in [0.1, 0.15) is 40.2 Å². The number of ether oxygens (including phenoxy) is 1. The molecule has 0 amide bonds. The Labute approximate surface area is 157 Å². The lowest BCUT2D eigenvalue weighted by molar-refractivity contribution is -0.145. The Morgan fingerprint density at radius 1 is 1.00 bits per heavy atom. The number of Topliss-reactive ketones (excluding diaryl/α,β-unsaturated/α-hetero) is 1. The summed E-state index contributed by atoms with van der Waals surface area (Å²) in [5.74, 6) is 0.125. The Kier molecular flexibility index (Phi) is 5.45. The van der Waals surface area contributed by atoms with Gasteiger partial charge in [0.15, 0.2) is 18.2 Å². The molecule has 2 N–H and O–H groups in total. The Morgan fingerprint density at radius 3 is 2.56 bits per heavy atom. The van der Waals surface area contributed by atoms with Crippen LogP contribution in [0.5, 0.6) is 0 Å². The van der Waals surface area contributed by atoms with Crippen molar-refractivity contribution < 1.29 is 14.3 Å². The van der Waals surface area contributed by atoms with Crippen molar-refractivity contribution in [2.45, 2.75) is 33.3 Å². The molecule has 0 atom stereocenters. The number of carbonyl (C=O) groups excluding carboxylic acids is 2. The van der Waals surface area contributed by atoms with Gasteiger partial charge in [0.2, 0.25) is 0 Å². The summed E-state index contributed by atoms with van der Waals surface area (Å²) >= 11 is 0. The van der Waals surface area contributed by atoms with E-state index < -0.39 is 5.97 Å². The molecule has 0 spiro atoms. The van der Waals surface area contributed by atoms with Crippen molar-refractivity contribution in [3.05, 3.63) is 65.0 Å². The molecule has 0 bridgehead atoms. The number of nitrogen functional groups attached to an aromatic ring is 1. The minimum atomic E-state index is -0.470. The minimum absolute atomic E-state index is 0.00875. The number of nitrogens with two attached hydrogens (primary N) is 1. The second-order valence-electron chi connectivity index (χ2n) is 6.43. The first kappa shape index (κ1) is 18.5. The van der Waals surface area contributed by atoms with Crippen LogP contribution in [0.25, 0.3) is 10.9 Å². The van der Waals surface area contributed by atoms with E-state index in [2.05, 4.69) is 9.97 Å². The van der Waals surface area contributed by atoms with Crippen LogP contribution in [0.4, 0.5) is 5.82 Å². The van der Waals surface area contributed by atoms with Crippen molar-refractivity contribution >= 4 is 28.5 Å². The molecule has 3 rings (SSSR count). The first-order chi connectivity index (χ1) is 12.9. The van der Waals surface area contributed by atoms with E-state index in [0.717, 1.165) is 16.5 Å². The molecule has 138 valence electrons. The van der Waals surface area contributed by atoms with Crippen LogP contribution in [-0.2, 0) is 16.1 Å². The second kappa shape index (κ2) is 7.95. The van der Waals surface area contributed by atoms with E-state index in [1.807, 2.05) is 50.2 Å². The summed E-state index contributed by atoms with van der Waals surface area (Å²) in [6.07, 6.45) is 0.108. The molecule has 0 saturated carbocycles. The molecule has 27 heavy (non-hydrogen) atoms. The summed E-state index contributed by atoms with van der Waals surface area (Å²) in [5.41, 5.74) is 9.39. The summed E-state index contributed by atoms with van der Waals surface area (Å²) in [5, 5.41) is 0.756. The summed E-state index contributed by atoms with van der Waals surface area (Å²) in [4.78, 5) is 32.7. The van der Waals surface area contributed by atoms with Gasteiger partial charge >= 0.3 is 5.97 Å². The maximum Gasteiger partial charge on any atom is 0.306 e. The van der Waals surface area contributed by atoms with Gasteiger partial charge in [-0.2, -0.15) is 0 Å². The molecule has 0 aliphatic heterocycles. The molecular formula is C21H21N3O3. The summed E-state index contributed by atoms with van der Waals surface area (Å²) in [7, 11) is 0. The highest BCUT2D eigenvalue weighted by Crippen LogP contribution is 2.17. The topological polar surface area (TPSA) is 95.2 Å². The SMILES string of the molecule is Cc1ccc(C(=O)CCC(=O)OCc2nc(N)c3ccccc3n2)cc1C. The zero-order valence-corrected chi connectivity index (χ0v) is 15.4. The number of carbonyl (C=O) groups is 2. The molecule has 0 fully saturated rings. The van der Waals surface area contributed by atoms with Gasteiger partial charge in [-0.3, -0.25) is 9.59 Å². The lowest BCUT2D eigenvalue weighted by Gasteiger charge is -2.07. The number of aromatic nitrogens is 2. The van der Waals surface area contributed by atoms with Gasteiger partial charge in [0.1, 0.15) is 5.82 Å². The molecular weight excluding hydrogens is 342 g/mol. The zero-order valence-electron chi connectivity index (χ0n) is 15.4. The first-order valence-electron chi connectivity index (χ1n) is 8.71. The van der Waals surface area contributed by atoms with Gasteiger partial charge in [0, 0.05) is 17.4 Å². The number of hydrogen-bond donors (Lipinski definition) is 1. The van der Waals surface area contributed by atoms with E-state index in [4.69, 9.17) is 10.5 Å². The molecule has 1 aromatic heterocycles. The summed E-state index contributed by atoms with van der Waals surface area (Å²) in [6.45, 7) is 3.86. The summed E-state index contributed by atoms with van der Waals surface area (Å²) in [6, 6.07) is 12.9. The van der Waals surface area contributed by atoms with Crippen molar-refractivity contribution in [2.75, 3.05) is 5.73 Å². The minimum Gasteiger partial charge on any atom is -0.457 e. The van der Waals surface area contributed by atoms with Crippen LogP contribution >= 0.6 is 0 Å². The van der Waals surface area contributed by atoms with Crippen LogP contribution in [-0.4, -0.2) is 21.7 Å². The van der Waals surface area contributed by atoms with Crippen molar-refractivity contribution in [3.8, 4) is 0 Å². The Hall–Kier alpha value is -3.28.